The van der Waals surface area contributed by atoms with Gasteiger partial charge in [0.2, 0.25) is 0 Å². The van der Waals surface area contributed by atoms with E-state index in [1.807, 2.05) is 12.1 Å². The molecule has 0 saturated heterocycles. The van der Waals surface area contributed by atoms with Gasteiger partial charge < -0.3 is 10.5 Å². The molecule has 17 heavy (non-hydrogen) atoms. The lowest BCUT2D eigenvalue weighted by atomic mass is 10.00. The summed E-state index contributed by atoms with van der Waals surface area (Å²) in [5, 5.41) is 0.684. The highest BCUT2D eigenvalue weighted by Gasteiger charge is 2.18. The largest absolute Gasteiger partial charge is 0.466 e. The van der Waals surface area contributed by atoms with Gasteiger partial charge in [-0.2, -0.15) is 0 Å². The monoisotopic (exact) mass is 277 g/mol. The van der Waals surface area contributed by atoms with Crippen molar-refractivity contribution in [2.45, 2.75) is 13.3 Å². The summed E-state index contributed by atoms with van der Waals surface area (Å²) in [5.74, 6) is -0.513. The maximum atomic E-state index is 11.5. The average molecular weight is 278 g/mol. The van der Waals surface area contributed by atoms with E-state index < -0.39 is 0 Å². The zero-order chi connectivity index (χ0) is 12.0. The molecule has 0 aliphatic rings. The molecule has 3 nitrogen and oxygen atoms in total. The first-order valence-electron chi connectivity index (χ1n) is 5.28. The van der Waals surface area contributed by atoms with Gasteiger partial charge in [-0.1, -0.05) is 23.7 Å². The fraction of sp³-hybridized carbons (Fsp3) is 0.417. The second kappa shape index (κ2) is 8.34. The number of hydrogen-bond acceptors (Lipinski definition) is 3. The molecule has 1 atom stereocenters. The van der Waals surface area contributed by atoms with Gasteiger partial charge in [0.25, 0.3) is 0 Å². The number of carbonyl (C=O) groups excluding carboxylic acids is 1. The Hall–Kier alpha value is -0.770. The molecule has 1 aromatic carbocycles. The second-order valence-corrected chi connectivity index (χ2v) is 3.95. The summed E-state index contributed by atoms with van der Waals surface area (Å²) in [4.78, 5) is 11.5. The molecule has 1 rings (SSSR count). The van der Waals surface area contributed by atoms with E-state index in [1.54, 1.807) is 19.1 Å². The van der Waals surface area contributed by atoms with Crippen LogP contribution in [-0.2, 0) is 16.0 Å². The van der Waals surface area contributed by atoms with Crippen LogP contribution in [0.4, 0.5) is 0 Å². The SMILES string of the molecule is CCOC(=O)C(CN)Cc1ccc(Cl)cc1.Cl. The Labute approximate surface area is 113 Å². The van der Waals surface area contributed by atoms with Crippen LogP contribution in [0.5, 0.6) is 0 Å². The first kappa shape index (κ1) is 16.2. The van der Waals surface area contributed by atoms with Crippen molar-refractivity contribution in [3.63, 3.8) is 0 Å². The van der Waals surface area contributed by atoms with E-state index >= 15 is 0 Å². The molecule has 0 saturated carbocycles. The molecule has 1 unspecified atom stereocenters. The van der Waals surface area contributed by atoms with Gasteiger partial charge >= 0.3 is 5.97 Å². The second-order valence-electron chi connectivity index (χ2n) is 3.52. The van der Waals surface area contributed by atoms with Crippen molar-refractivity contribution in [1.82, 2.24) is 0 Å². The quantitative estimate of drug-likeness (QED) is 0.842. The van der Waals surface area contributed by atoms with Crippen molar-refractivity contribution < 1.29 is 9.53 Å². The predicted octanol–water partition coefficient (Wildman–Crippen LogP) is 2.44. The fourth-order valence-corrected chi connectivity index (χ4v) is 1.55. The van der Waals surface area contributed by atoms with Crippen LogP contribution in [0.3, 0.4) is 0 Å². The summed E-state index contributed by atoms with van der Waals surface area (Å²) in [5.41, 5.74) is 6.59. The topological polar surface area (TPSA) is 52.3 Å². The standard InChI is InChI=1S/C12H16ClNO2.ClH/c1-2-16-12(15)10(8-14)7-9-3-5-11(13)6-4-9;/h3-6,10H,2,7-8,14H2,1H3;1H. The lowest BCUT2D eigenvalue weighted by Gasteiger charge is -2.13. The molecular weight excluding hydrogens is 261 g/mol. The van der Waals surface area contributed by atoms with Crippen LogP contribution in [-0.4, -0.2) is 19.1 Å². The highest BCUT2D eigenvalue weighted by molar-refractivity contribution is 6.30. The molecule has 0 heterocycles. The Bertz CT molecular complexity index is 341. The van der Waals surface area contributed by atoms with Crippen LogP contribution in [0.25, 0.3) is 0 Å². The maximum Gasteiger partial charge on any atom is 0.310 e. The number of ether oxygens (including phenoxy) is 1. The average Bonchev–Trinajstić information content (AvgIpc) is 2.28. The number of nitrogens with two attached hydrogens (primary N) is 1. The summed E-state index contributed by atoms with van der Waals surface area (Å²) < 4.78 is 4.95. The number of halogens is 2. The molecule has 0 aliphatic heterocycles. The molecular formula is C12H17Cl2NO2. The number of carbonyl (C=O) groups is 1. The van der Waals surface area contributed by atoms with E-state index in [2.05, 4.69) is 0 Å². The minimum atomic E-state index is -0.277. The van der Waals surface area contributed by atoms with Gasteiger partial charge in [-0.3, -0.25) is 4.79 Å². The Morgan fingerprint density at radius 2 is 2.00 bits per heavy atom. The molecule has 0 bridgehead atoms. The third kappa shape index (κ3) is 5.39. The molecule has 0 amide bonds. The number of rotatable bonds is 5. The van der Waals surface area contributed by atoms with Crippen molar-refractivity contribution in [3.05, 3.63) is 34.9 Å². The Balaban J connectivity index is 0.00000256. The molecule has 96 valence electrons. The number of esters is 1. The predicted molar refractivity (Wildman–Crippen MR) is 71.6 cm³/mol. The molecule has 0 aromatic heterocycles. The van der Waals surface area contributed by atoms with Gasteiger partial charge in [-0.15, -0.1) is 12.4 Å². The maximum absolute atomic E-state index is 11.5. The summed E-state index contributed by atoms with van der Waals surface area (Å²) in [6.45, 7) is 2.46. The van der Waals surface area contributed by atoms with E-state index in [0.717, 1.165) is 5.56 Å². The zero-order valence-corrected chi connectivity index (χ0v) is 11.3. The minimum Gasteiger partial charge on any atom is -0.466 e. The molecule has 0 fully saturated rings. The van der Waals surface area contributed by atoms with Gasteiger partial charge in [-0.25, -0.2) is 0 Å². The Morgan fingerprint density at radius 1 is 1.41 bits per heavy atom. The normalized spacial score (nSPS) is 11.5. The first-order chi connectivity index (χ1) is 7.67. The highest BCUT2D eigenvalue weighted by atomic mass is 35.5. The summed E-state index contributed by atoms with van der Waals surface area (Å²) in [6.07, 6.45) is 0.590. The van der Waals surface area contributed by atoms with Crippen molar-refractivity contribution in [1.29, 1.82) is 0 Å². The van der Waals surface area contributed by atoms with Gasteiger partial charge in [0, 0.05) is 11.6 Å². The Morgan fingerprint density at radius 3 is 2.47 bits per heavy atom. The van der Waals surface area contributed by atoms with Crippen molar-refractivity contribution in [2.75, 3.05) is 13.2 Å². The minimum absolute atomic E-state index is 0. The molecule has 2 N–H and O–H groups in total. The van der Waals surface area contributed by atoms with Crippen molar-refractivity contribution in [2.24, 2.45) is 11.7 Å². The van der Waals surface area contributed by atoms with Crippen LogP contribution in [0.2, 0.25) is 5.02 Å². The summed E-state index contributed by atoms with van der Waals surface area (Å²) in [6, 6.07) is 7.39. The Kier molecular flexibility index (Phi) is 7.96. The van der Waals surface area contributed by atoms with Crippen LogP contribution >= 0.6 is 24.0 Å². The highest BCUT2D eigenvalue weighted by Crippen LogP contribution is 2.13. The summed E-state index contributed by atoms with van der Waals surface area (Å²) in [7, 11) is 0. The molecule has 5 heteroatoms. The van der Waals surface area contributed by atoms with Gasteiger partial charge in [0.1, 0.15) is 0 Å². The molecule has 1 aromatic rings. The lowest BCUT2D eigenvalue weighted by molar-refractivity contribution is -0.147. The van der Waals surface area contributed by atoms with E-state index in [-0.39, 0.29) is 24.3 Å². The van der Waals surface area contributed by atoms with E-state index in [9.17, 15) is 4.79 Å². The van der Waals surface area contributed by atoms with E-state index in [4.69, 9.17) is 22.1 Å². The van der Waals surface area contributed by atoms with Crippen LogP contribution in [0.15, 0.2) is 24.3 Å². The number of benzene rings is 1. The summed E-state index contributed by atoms with van der Waals surface area (Å²) >= 11 is 5.78. The van der Waals surface area contributed by atoms with Gasteiger partial charge in [-0.05, 0) is 31.0 Å². The zero-order valence-electron chi connectivity index (χ0n) is 9.69. The molecule has 0 radical (unpaired) electrons. The van der Waals surface area contributed by atoms with E-state index in [0.29, 0.717) is 24.6 Å². The third-order valence-electron chi connectivity index (χ3n) is 2.30. The van der Waals surface area contributed by atoms with Crippen LogP contribution in [0.1, 0.15) is 12.5 Å². The van der Waals surface area contributed by atoms with Crippen molar-refractivity contribution >= 4 is 30.0 Å². The van der Waals surface area contributed by atoms with E-state index in [1.165, 1.54) is 0 Å². The molecule has 0 spiro atoms. The molecule has 0 aliphatic carbocycles. The van der Waals surface area contributed by atoms with Gasteiger partial charge in [0.15, 0.2) is 0 Å². The third-order valence-corrected chi connectivity index (χ3v) is 2.55. The number of hydrogen-bond donors (Lipinski definition) is 1. The lowest BCUT2D eigenvalue weighted by Crippen LogP contribution is -2.27. The van der Waals surface area contributed by atoms with Gasteiger partial charge in [0.05, 0.1) is 12.5 Å². The van der Waals surface area contributed by atoms with Crippen molar-refractivity contribution in [3.8, 4) is 0 Å². The fourth-order valence-electron chi connectivity index (χ4n) is 1.43. The smallest absolute Gasteiger partial charge is 0.310 e. The first-order valence-corrected chi connectivity index (χ1v) is 5.66. The van der Waals surface area contributed by atoms with Crippen LogP contribution < -0.4 is 5.73 Å². The van der Waals surface area contributed by atoms with Crippen LogP contribution in [0, 0.1) is 5.92 Å².